The van der Waals surface area contributed by atoms with Gasteiger partial charge >= 0.3 is 0 Å². The first-order chi connectivity index (χ1) is 14.5. The molecular formula is C22H28N4O3S. The lowest BCUT2D eigenvalue weighted by Crippen LogP contribution is -2.44. The fraction of sp³-hybridized carbons (Fsp3) is 0.500. The molecule has 8 heteroatoms. The Labute approximate surface area is 181 Å². The van der Waals surface area contributed by atoms with E-state index in [2.05, 4.69) is 29.0 Å². The molecule has 7 nitrogen and oxygen atoms in total. The van der Waals surface area contributed by atoms with Crippen LogP contribution in [0.15, 0.2) is 29.6 Å². The Kier molecular flexibility index (Phi) is 6.46. The predicted molar refractivity (Wildman–Crippen MR) is 118 cm³/mol. The largest absolute Gasteiger partial charge is 0.373 e. The SMILES string of the molecule is C[C@H]1CN(Cc2csc(NC(=O)Cc3ccc(N4CCCC4=O)cc3)n2)C[C@H](C)O1. The van der Waals surface area contributed by atoms with Gasteiger partial charge in [-0.2, -0.15) is 0 Å². The molecular weight excluding hydrogens is 400 g/mol. The second-order valence-corrected chi connectivity index (χ2v) is 8.99. The number of nitrogens with one attached hydrogen (secondary N) is 1. The summed E-state index contributed by atoms with van der Waals surface area (Å²) in [5.41, 5.74) is 2.78. The highest BCUT2D eigenvalue weighted by molar-refractivity contribution is 7.13. The summed E-state index contributed by atoms with van der Waals surface area (Å²) in [5, 5.41) is 5.53. The van der Waals surface area contributed by atoms with Crippen LogP contribution in [0.3, 0.4) is 0 Å². The molecule has 0 radical (unpaired) electrons. The van der Waals surface area contributed by atoms with E-state index >= 15 is 0 Å². The number of morpholine rings is 1. The molecule has 0 saturated carbocycles. The molecule has 1 aromatic heterocycles. The quantitative estimate of drug-likeness (QED) is 0.765. The summed E-state index contributed by atoms with van der Waals surface area (Å²) in [6.07, 6.45) is 2.25. The number of aromatic nitrogens is 1. The van der Waals surface area contributed by atoms with Crippen LogP contribution in [0.2, 0.25) is 0 Å². The van der Waals surface area contributed by atoms with E-state index < -0.39 is 0 Å². The maximum absolute atomic E-state index is 12.4. The van der Waals surface area contributed by atoms with Gasteiger partial charge in [0, 0.05) is 43.7 Å². The minimum absolute atomic E-state index is 0.0884. The van der Waals surface area contributed by atoms with E-state index in [0.29, 0.717) is 11.6 Å². The Bertz CT molecular complexity index is 888. The van der Waals surface area contributed by atoms with E-state index in [-0.39, 0.29) is 30.4 Å². The number of thiazole rings is 1. The molecule has 2 saturated heterocycles. The van der Waals surface area contributed by atoms with Gasteiger partial charge in [0.25, 0.3) is 0 Å². The summed E-state index contributed by atoms with van der Waals surface area (Å²) in [4.78, 5) is 33.0. The summed E-state index contributed by atoms with van der Waals surface area (Å²) in [6, 6.07) is 7.65. The van der Waals surface area contributed by atoms with Crippen molar-refractivity contribution in [2.24, 2.45) is 0 Å². The van der Waals surface area contributed by atoms with E-state index in [4.69, 9.17) is 4.74 Å². The van der Waals surface area contributed by atoms with E-state index in [0.717, 1.165) is 49.5 Å². The summed E-state index contributed by atoms with van der Waals surface area (Å²) < 4.78 is 5.77. The monoisotopic (exact) mass is 428 g/mol. The van der Waals surface area contributed by atoms with Crippen molar-refractivity contribution >= 4 is 34.0 Å². The molecule has 0 bridgehead atoms. The van der Waals surface area contributed by atoms with Crippen LogP contribution in [-0.4, -0.2) is 53.5 Å². The Morgan fingerprint density at radius 2 is 1.97 bits per heavy atom. The first-order valence-corrected chi connectivity index (χ1v) is 11.4. The lowest BCUT2D eigenvalue weighted by atomic mass is 10.1. The number of benzene rings is 1. The van der Waals surface area contributed by atoms with E-state index in [9.17, 15) is 9.59 Å². The lowest BCUT2D eigenvalue weighted by Gasteiger charge is -2.34. The number of carbonyl (C=O) groups is 2. The van der Waals surface area contributed by atoms with E-state index in [1.165, 1.54) is 11.3 Å². The van der Waals surface area contributed by atoms with Gasteiger partial charge < -0.3 is 15.0 Å². The third-order valence-corrected chi connectivity index (χ3v) is 6.17. The van der Waals surface area contributed by atoms with Gasteiger partial charge in [0.15, 0.2) is 5.13 Å². The summed E-state index contributed by atoms with van der Waals surface area (Å²) in [6.45, 7) is 7.50. The maximum Gasteiger partial charge on any atom is 0.230 e. The zero-order valence-corrected chi connectivity index (χ0v) is 18.3. The van der Waals surface area contributed by atoms with Crippen molar-refractivity contribution in [1.29, 1.82) is 0 Å². The van der Waals surface area contributed by atoms with Crippen LogP contribution in [0, 0.1) is 0 Å². The second kappa shape index (κ2) is 9.24. The zero-order chi connectivity index (χ0) is 21.1. The highest BCUT2D eigenvalue weighted by Crippen LogP contribution is 2.22. The standard InChI is InChI=1S/C22H28N4O3S/c1-15-11-25(12-16(2)29-15)13-18-14-30-22(23-18)24-20(27)10-17-5-7-19(8-6-17)26-9-3-4-21(26)28/h5-8,14-16H,3-4,9-13H2,1-2H3,(H,23,24,27)/t15-,16-/m0/s1. The number of carbonyl (C=O) groups excluding carboxylic acids is 2. The Morgan fingerprint density at radius 3 is 2.63 bits per heavy atom. The van der Waals surface area contributed by atoms with Crippen LogP contribution in [0.4, 0.5) is 10.8 Å². The van der Waals surface area contributed by atoms with Gasteiger partial charge in [-0.3, -0.25) is 14.5 Å². The number of hydrogen-bond acceptors (Lipinski definition) is 6. The first kappa shape index (κ1) is 21.0. The minimum Gasteiger partial charge on any atom is -0.373 e. The number of hydrogen-bond donors (Lipinski definition) is 1. The molecule has 0 aliphatic carbocycles. The molecule has 2 aromatic rings. The molecule has 160 valence electrons. The Balaban J connectivity index is 1.28. The van der Waals surface area contributed by atoms with E-state index in [1.807, 2.05) is 29.6 Å². The van der Waals surface area contributed by atoms with Crippen molar-refractivity contribution in [1.82, 2.24) is 9.88 Å². The number of ether oxygens (including phenoxy) is 1. The van der Waals surface area contributed by atoms with Crippen LogP contribution in [0.25, 0.3) is 0 Å². The molecule has 30 heavy (non-hydrogen) atoms. The molecule has 4 rings (SSSR count). The normalized spacial score (nSPS) is 22.5. The molecule has 2 aliphatic heterocycles. The van der Waals surface area contributed by atoms with Crippen molar-refractivity contribution in [3.8, 4) is 0 Å². The fourth-order valence-corrected chi connectivity index (χ4v) is 4.86. The average molecular weight is 429 g/mol. The second-order valence-electron chi connectivity index (χ2n) is 8.14. The number of rotatable bonds is 6. The zero-order valence-electron chi connectivity index (χ0n) is 17.5. The number of nitrogens with zero attached hydrogens (tertiary/aromatic N) is 3. The van der Waals surface area contributed by atoms with Crippen LogP contribution in [0.5, 0.6) is 0 Å². The fourth-order valence-electron chi connectivity index (χ4n) is 4.14. The van der Waals surface area contributed by atoms with E-state index in [1.54, 1.807) is 4.90 Å². The van der Waals surface area contributed by atoms with Crippen LogP contribution in [-0.2, 0) is 27.3 Å². The lowest BCUT2D eigenvalue weighted by molar-refractivity contribution is -0.117. The number of amides is 2. The molecule has 2 fully saturated rings. The molecule has 1 N–H and O–H groups in total. The molecule has 2 aliphatic rings. The van der Waals surface area contributed by atoms with Gasteiger partial charge in [0.05, 0.1) is 24.3 Å². The highest BCUT2D eigenvalue weighted by atomic mass is 32.1. The third kappa shape index (κ3) is 5.24. The van der Waals surface area contributed by atoms with Crippen molar-refractivity contribution in [3.05, 3.63) is 40.9 Å². The molecule has 3 heterocycles. The van der Waals surface area contributed by atoms with Crippen LogP contribution >= 0.6 is 11.3 Å². The van der Waals surface area contributed by atoms with Gasteiger partial charge in [-0.1, -0.05) is 12.1 Å². The van der Waals surface area contributed by atoms with Gasteiger partial charge in [-0.25, -0.2) is 4.98 Å². The molecule has 0 unspecified atom stereocenters. The maximum atomic E-state index is 12.4. The summed E-state index contributed by atoms with van der Waals surface area (Å²) in [5.74, 6) is 0.0792. The van der Waals surface area contributed by atoms with Crippen LogP contribution in [0.1, 0.15) is 37.9 Å². The Morgan fingerprint density at radius 1 is 1.23 bits per heavy atom. The summed E-state index contributed by atoms with van der Waals surface area (Å²) >= 11 is 1.45. The van der Waals surface area contributed by atoms with Crippen LogP contribution < -0.4 is 10.2 Å². The molecule has 1 aromatic carbocycles. The first-order valence-electron chi connectivity index (χ1n) is 10.5. The van der Waals surface area contributed by atoms with Crippen molar-refractivity contribution in [2.75, 3.05) is 29.9 Å². The topological polar surface area (TPSA) is 74.8 Å². The Hall–Kier alpha value is -2.29. The molecule has 2 atom stereocenters. The minimum atomic E-state index is -0.0884. The van der Waals surface area contributed by atoms with Gasteiger partial charge in [-0.15, -0.1) is 11.3 Å². The molecule has 2 amide bonds. The number of anilines is 2. The molecule has 0 spiro atoms. The van der Waals surface area contributed by atoms with Crippen molar-refractivity contribution in [2.45, 2.75) is 51.9 Å². The van der Waals surface area contributed by atoms with Crippen molar-refractivity contribution in [3.63, 3.8) is 0 Å². The average Bonchev–Trinajstić information content (AvgIpc) is 3.30. The van der Waals surface area contributed by atoms with Gasteiger partial charge in [0.2, 0.25) is 11.8 Å². The van der Waals surface area contributed by atoms with Gasteiger partial charge in [-0.05, 0) is 38.0 Å². The predicted octanol–water partition coefficient (Wildman–Crippen LogP) is 3.06. The van der Waals surface area contributed by atoms with Gasteiger partial charge in [0.1, 0.15) is 0 Å². The highest BCUT2D eigenvalue weighted by Gasteiger charge is 2.23. The smallest absolute Gasteiger partial charge is 0.230 e. The third-order valence-electron chi connectivity index (χ3n) is 5.37. The van der Waals surface area contributed by atoms with Crippen molar-refractivity contribution < 1.29 is 14.3 Å². The summed E-state index contributed by atoms with van der Waals surface area (Å²) in [7, 11) is 0.